The second-order valence-electron chi connectivity index (χ2n) is 6.25. The van der Waals surface area contributed by atoms with Crippen molar-refractivity contribution in [3.8, 4) is 11.8 Å². The van der Waals surface area contributed by atoms with Gasteiger partial charge in [0.15, 0.2) is 0 Å². The normalized spacial score (nSPS) is 15.6. The van der Waals surface area contributed by atoms with Crippen LogP contribution in [0.15, 0.2) is 48.7 Å². The van der Waals surface area contributed by atoms with Crippen molar-refractivity contribution in [1.82, 2.24) is 9.29 Å². The minimum absolute atomic E-state index is 0.126. The molecular formula is C19H20N4O3S. The van der Waals surface area contributed by atoms with Crippen molar-refractivity contribution in [2.24, 2.45) is 11.1 Å². The lowest BCUT2D eigenvalue weighted by Gasteiger charge is -2.29. The third-order valence-corrected chi connectivity index (χ3v) is 5.40. The third kappa shape index (κ3) is 5.37. The van der Waals surface area contributed by atoms with Crippen LogP contribution in [0.25, 0.3) is 0 Å². The molecule has 1 aromatic carbocycles. The summed E-state index contributed by atoms with van der Waals surface area (Å²) in [5, 5.41) is 8.00. The van der Waals surface area contributed by atoms with E-state index in [0.717, 1.165) is 5.56 Å². The maximum Gasteiger partial charge on any atom is 0.276 e. The maximum atomic E-state index is 12.5. The monoisotopic (exact) mass is 384 g/mol. The first-order valence-corrected chi connectivity index (χ1v) is 10.0. The molecule has 0 radical (unpaired) electrons. The first-order chi connectivity index (χ1) is 12.9. The highest BCUT2D eigenvalue weighted by Crippen LogP contribution is 2.21. The molecule has 2 heterocycles. The zero-order chi connectivity index (χ0) is 19.3. The van der Waals surface area contributed by atoms with Crippen LogP contribution in [0.3, 0.4) is 0 Å². The second-order valence-corrected chi connectivity index (χ2v) is 7.80. The van der Waals surface area contributed by atoms with E-state index in [1.165, 1.54) is 4.31 Å². The van der Waals surface area contributed by atoms with Gasteiger partial charge in [-0.2, -0.15) is 12.7 Å². The van der Waals surface area contributed by atoms with Gasteiger partial charge in [-0.1, -0.05) is 18.1 Å². The summed E-state index contributed by atoms with van der Waals surface area (Å²) in [4.78, 5) is 16.6. The number of benzene rings is 1. The smallest absolute Gasteiger partial charge is 0.276 e. The van der Waals surface area contributed by atoms with Crippen molar-refractivity contribution in [3.63, 3.8) is 0 Å². The molecule has 27 heavy (non-hydrogen) atoms. The summed E-state index contributed by atoms with van der Waals surface area (Å²) in [7, 11) is -3.69. The van der Waals surface area contributed by atoms with Crippen LogP contribution in [-0.4, -0.2) is 36.7 Å². The number of aromatic nitrogens is 1. The average molecular weight is 384 g/mol. The Balaban J connectivity index is 1.62. The van der Waals surface area contributed by atoms with Gasteiger partial charge in [-0.3, -0.25) is 4.79 Å². The van der Waals surface area contributed by atoms with Crippen molar-refractivity contribution >= 4 is 21.8 Å². The summed E-state index contributed by atoms with van der Waals surface area (Å²) in [6.45, 7) is 0.513. The number of pyridine rings is 1. The highest BCUT2D eigenvalue weighted by Gasteiger charge is 2.29. The predicted octanol–water partition coefficient (Wildman–Crippen LogP) is 1.34. The highest BCUT2D eigenvalue weighted by molar-refractivity contribution is 7.86. The predicted molar refractivity (Wildman–Crippen MR) is 103 cm³/mol. The molecule has 0 spiro atoms. The summed E-state index contributed by atoms with van der Waals surface area (Å²) in [5.41, 5.74) is 2.10. The summed E-state index contributed by atoms with van der Waals surface area (Å²) in [6.07, 6.45) is 2.57. The molecule has 1 aromatic heterocycles. The van der Waals surface area contributed by atoms with Gasteiger partial charge in [-0.15, -0.1) is 0 Å². The maximum absolute atomic E-state index is 12.5. The van der Waals surface area contributed by atoms with E-state index in [1.54, 1.807) is 18.3 Å². The SMILES string of the molecule is NS(=O)(=O)N1CCC(C(=O)Nc2cccc(C#Cc3ccccn3)c2)CC1. The largest absolute Gasteiger partial charge is 0.326 e. The van der Waals surface area contributed by atoms with E-state index in [9.17, 15) is 13.2 Å². The quantitative estimate of drug-likeness (QED) is 0.779. The van der Waals surface area contributed by atoms with E-state index < -0.39 is 10.2 Å². The number of hydrogen-bond acceptors (Lipinski definition) is 4. The number of carbonyl (C=O) groups excluding carboxylic acids is 1. The molecule has 0 bridgehead atoms. The number of carbonyl (C=O) groups is 1. The Morgan fingerprint density at radius 1 is 1.15 bits per heavy atom. The van der Waals surface area contributed by atoms with Crippen LogP contribution in [-0.2, 0) is 15.0 Å². The lowest BCUT2D eigenvalue weighted by atomic mass is 9.97. The Hall–Kier alpha value is -2.73. The van der Waals surface area contributed by atoms with Gasteiger partial charge < -0.3 is 5.32 Å². The van der Waals surface area contributed by atoms with Crippen LogP contribution >= 0.6 is 0 Å². The molecule has 0 saturated carbocycles. The van der Waals surface area contributed by atoms with E-state index in [0.29, 0.717) is 24.2 Å². The standard InChI is InChI=1S/C19H20N4O3S/c20-27(25,26)23-12-9-16(10-13-23)19(24)22-18-6-3-4-15(14-18)7-8-17-5-1-2-11-21-17/h1-6,11,14,16H,9-10,12-13H2,(H,22,24)(H2,20,25,26). The zero-order valence-corrected chi connectivity index (χ0v) is 15.4. The van der Waals surface area contributed by atoms with Gasteiger partial charge in [0.2, 0.25) is 5.91 Å². The average Bonchev–Trinajstić information content (AvgIpc) is 2.67. The fourth-order valence-electron chi connectivity index (χ4n) is 2.86. The minimum Gasteiger partial charge on any atom is -0.326 e. The fourth-order valence-corrected chi connectivity index (χ4v) is 3.58. The van der Waals surface area contributed by atoms with Gasteiger partial charge in [-0.25, -0.2) is 10.1 Å². The van der Waals surface area contributed by atoms with Crippen LogP contribution in [0.4, 0.5) is 5.69 Å². The first-order valence-electron chi connectivity index (χ1n) is 8.54. The molecule has 3 rings (SSSR count). The summed E-state index contributed by atoms with van der Waals surface area (Å²) in [6, 6.07) is 12.8. The molecule has 1 saturated heterocycles. The van der Waals surface area contributed by atoms with Crippen molar-refractivity contribution < 1.29 is 13.2 Å². The Morgan fingerprint density at radius 2 is 1.93 bits per heavy atom. The lowest BCUT2D eigenvalue weighted by Crippen LogP contribution is -2.44. The zero-order valence-electron chi connectivity index (χ0n) is 14.6. The molecule has 1 aliphatic heterocycles. The van der Waals surface area contributed by atoms with Gasteiger partial charge in [0.25, 0.3) is 10.2 Å². The van der Waals surface area contributed by atoms with Crippen LogP contribution in [0.5, 0.6) is 0 Å². The molecule has 3 N–H and O–H groups in total. The Labute approximate surface area is 158 Å². The highest BCUT2D eigenvalue weighted by atomic mass is 32.2. The summed E-state index contributed by atoms with van der Waals surface area (Å²) < 4.78 is 23.9. The number of nitrogens with one attached hydrogen (secondary N) is 1. The van der Waals surface area contributed by atoms with Gasteiger partial charge >= 0.3 is 0 Å². The summed E-state index contributed by atoms with van der Waals surface area (Å²) in [5.74, 6) is 5.63. The molecule has 0 atom stereocenters. The third-order valence-electron chi connectivity index (χ3n) is 4.31. The van der Waals surface area contributed by atoms with Crippen LogP contribution in [0, 0.1) is 17.8 Å². The minimum atomic E-state index is -3.69. The van der Waals surface area contributed by atoms with E-state index in [4.69, 9.17) is 5.14 Å². The number of nitrogens with zero attached hydrogens (tertiary/aromatic N) is 2. The lowest BCUT2D eigenvalue weighted by molar-refractivity contribution is -0.120. The topological polar surface area (TPSA) is 105 Å². The van der Waals surface area contributed by atoms with E-state index in [2.05, 4.69) is 22.1 Å². The van der Waals surface area contributed by atoms with Gasteiger partial charge in [0.05, 0.1) is 0 Å². The summed E-state index contributed by atoms with van der Waals surface area (Å²) >= 11 is 0. The number of amides is 1. The molecule has 0 unspecified atom stereocenters. The molecule has 7 nitrogen and oxygen atoms in total. The molecule has 1 aliphatic rings. The van der Waals surface area contributed by atoms with Crippen LogP contribution in [0.1, 0.15) is 24.1 Å². The van der Waals surface area contributed by atoms with Crippen molar-refractivity contribution in [1.29, 1.82) is 0 Å². The van der Waals surface area contributed by atoms with Gasteiger partial charge in [0, 0.05) is 36.5 Å². The number of piperidine rings is 1. The molecular weight excluding hydrogens is 364 g/mol. The second kappa shape index (κ2) is 8.31. The Morgan fingerprint density at radius 3 is 2.59 bits per heavy atom. The van der Waals surface area contributed by atoms with Crippen LogP contribution < -0.4 is 10.5 Å². The Bertz CT molecular complexity index is 973. The van der Waals surface area contributed by atoms with E-state index in [1.807, 2.05) is 30.3 Å². The molecule has 8 heteroatoms. The Kier molecular flexibility index (Phi) is 5.86. The molecule has 1 amide bonds. The number of nitrogens with two attached hydrogens (primary N) is 1. The number of anilines is 1. The van der Waals surface area contributed by atoms with Gasteiger partial charge in [0.1, 0.15) is 5.69 Å². The van der Waals surface area contributed by atoms with Gasteiger partial charge in [-0.05, 0) is 49.1 Å². The molecule has 140 valence electrons. The number of hydrogen-bond donors (Lipinski definition) is 2. The van der Waals surface area contributed by atoms with Crippen molar-refractivity contribution in [2.45, 2.75) is 12.8 Å². The van der Waals surface area contributed by atoms with E-state index in [-0.39, 0.29) is 24.9 Å². The van der Waals surface area contributed by atoms with Crippen LogP contribution in [0.2, 0.25) is 0 Å². The fraction of sp³-hybridized carbons (Fsp3) is 0.263. The molecule has 0 aliphatic carbocycles. The van der Waals surface area contributed by atoms with Crippen molar-refractivity contribution in [3.05, 3.63) is 59.9 Å². The molecule has 1 fully saturated rings. The molecule has 2 aromatic rings. The van der Waals surface area contributed by atoms with Crippen molar-refractivity contribution in [2.75, 3.05) is 18.4 Å². The van der Waals surface area contributed by atoms with E-state index >= 15 is 0 Å². The number of rotatable bonds is 3. The first kappa shape index (κ1) is 19.0.